The first kappa shape index (κ1) is 20.3. The van der Waals surface area contributed by atoms with E-state index in [4.69, 9.17) is 4.74 Å². The second-order valence-electron chi connectivity index (χ2n) is 6.79. The van der Waals surface area contributed by atoms with Crippen LogP contribution in [-0.2, 0) is 30.8 Å². The monoisotopic (exact) mass is 458 g/mol. The lowest BCUT2D eigenvalue weighted by Crippen LogP contribution is -2.42. The van der Waals surface area contributed by atoms with Crippen molar-refractivity contribution in [2.45, 2.75) is 38.0 Å². The molecule has 27 heavy (non-hydrogen) atoms. The third kappa shape index (κ3) is 3.90. The van der Waals surface area contributed by atoms with Crippen LogP contribution in [0.4, 0.5) is 5.69 Å². The Balaban J connectivity index is 1.92. The molecule has 7 nitrogen and oxygen atoms in total. The molecule has 1 aromatic rings. The molecule has 2 heterocycles. The SMILES string of the molecule is CCOC(=O)C1CCCN(S(=O)(=O)c2cc3c(cc2Br)CCN3C(C)=O)C1. The summed E-state index contributed by atoms with van der Waals surface area (Å²) in [6.45, 7) is 4.51. The number of hydrogen-bond donors (Lipinski definition) is 0. The van der Waals surface area contributed by atoms with Crippen LogP contribution in [0.5, 0.6) is 0 Å². The Kier molecular flexibility index (Phi) is 5.93. The molecular formula is C18H23BrN2O5S. The maximum atomic E-state index is 13.3. The van der Waals surface area contributed by atoms with Gasteiger partial charge >= 0.3 is 5.97 Å². The first-order chi connectivity index (χ1) is 12.8. The van der Waals surface area contributed by atoms with Gasteiger partial charge in [0.15, 0.2) is 0 Å². The number of piperidine rings is 1. The molecule has 1 unspecified atom stereocenters. The number of esters is 1. The predicted octanol–water partition coefficient (Wildman–Crippen LogP) is 2.32. The molecule has 1 saturated heterocycles. The van der Waals surface area contributed by atoms with E-state index in [1.165, 1.54) is 11.2 Å². The number of carbonyl (C=O) groups is 2. The van der Waals surface area contributed by atoms with Gasteiger partial charge in [-0.15, -0.1) is 0 Å². The second-order valence-corrected chi connectivity index (χ2v) is 9.55. The van der Waals surface area contributed by atoms with Crippen molar-refractivity contribution in [3.05, 3.63) is 22.2 Å². The van der Waals surface area contributed by atoms with Gasteiger partial charge in [-0.1, -0.05) is 0 Å². The standard InChI is InChI=1S/C18H23BrN2O5S/c1-3-26-18(23)14-5-4-7-20(11-14)27(24,25)17-10-16-13(9-15(17)19)6-8-21(16)12(2)22/h9-10,14H,3-8,11H2,1-2H3. The van der Waals surface area contributed by atoms with Crippen molar-refractivity contribution in [1.82, 2.24) is 4.31 Å². The number of halogens is 1. The van der Waals surface area contributed by atoms with E-state index in [2.05, 4.69) is 15.9 Å². The summed E-state index contributed by atoms with van der Waals surface area (Å²) in [4.78, 5) is 25.6. The van der Waals surface area contributed by atoms with E-state index in [1.54, 1.807) is 24.0 Å². The summed E-state index contributed by atoms with van der Waals surface area (Å²) >= 11 is 3.38. The van der Waals surface area contributed by atoms with Gasteiger partial charge in [-0.3, -0.25) is 9.59 Å². The summed E-state index contributed by atoms with van der Waals surface area (Å²) in [5.41, 5.74) is 1.59. The molecule has 1 aromatic carbocycles. The molecule has 0 aliphatic carbocycles. The van der Waals surface area contributed by atoms with Crippen LogP contribution in [-0.4, -0.2) is 50.8 Å². The highest BCUT2D eigenvalue weighted by Crippen LogP contribution is 2.37. The fourth-order valence-corrected chi connectivity index (χ4v) is 6.26. The van der Waals surface area contributed by atoms with Crippen molar-refractivity contribution >= 4 is 43.5 Å². The molecule has 2 aliphatic rings. The average Bonchev–Trinajstić information content (AvgIpc) is 3.04. The molecule has 0 aromatic heterocycles. The molecule has 3 rings (SSSR count). The van der Waals surface area contributed by atoms with E-state index >= 15 is 0 Å². The van der Waals surface area contributed by atoms with Crippen molar-refractivity contribution in [3.63, 3.8) is 0 Å². The Bertz CT molecular complexity index is 871. The quantitative estimate of drug-likeness (QED) is 0.646. The maximum absolute atomic E-state index is 13.3. The van der Waals surface area contributed by atoms with Gasteiger partial charge in [0.2, 0.25) is 15.9 Å². The molecule has 1 fully saturated rings. The van der Waals surface area contributed by atoms with Gasteiger partial charge < -0.3 is 9.64 Å². The highest BCUT2D eigenvalue weighted by molar-refractivity contribution is 9.10. The van der Waals surface area contributed by atoms with Gasteiger partial charge in [-0.2, -0.15) is 4.31 Å². The first-order valence-electron chi connectivity index (χ1n) is 9.03. The van der Waals surface area contributed by atoms with Gasteiger partial charge in [0, 0.05) is 36.7 Å². The van der Waals surface area contributed by atoms with Crippen LogP contribution in [0.1, 0.15) is 32.3 Å². The van der Waals surface area contributed by atoms with Crippen LogP contribution >= 0.6 is 15.9 Å². The third-order valence-corrected chi connectivity index (χ3v) is 7.85. The van der Waals surface area contributed by atoms with Gasteiger partial charge in [0.05, 0.1) is 17.4 Å². The lowest BCUT2D eigenvalue weighted by Gasteiger charge is -2.31. The van der Waals surface area contributed by atoms with Crippen LogP contribution < -0.4 is 4.90 Å². The molecule has 9 heteroatoms. The topological polar surface area (TPSA) is 84.0 Å². The summed E-state index contributed by atoms with van der Waals surface area (Å²) in [5, 5.41) is 0. The molecule has 0 N–H and O–H groups in total. The maximum Gasteiger partial charge on any atom is 0.310 e. The van der Waals surface area contributed by atoms with Crippen molar-refractivity contribution in [2.75, 3.05) is 31.1 Å². The molecule has 0 spiro atoms. The summed E-state index contributed by atoms with van der Waals surface area (Å²) in [5.74, 6) is -0.914. The Hall–Kier alpha value is -1.45. The lowest BCUT2D eigenvalue weighted by atomic mass is 10.0. The van der Waals surface area contributed by atoms with Gasteiger partial charge in [-0.25, -0.2) is 8.42 Å². The zero-order valence-electron chi connectivity index (χ0n) is 15.4. The minimum absolute atomic E-state index is 0.111. The minimum atomic E-state index is -3.80. The number of nitrogens with zero attached hydrogens (tertiary/aromatic N) is 2. The van der Waals surface area contributed by atoms with Crippen molar-refractivity contribution in [1.29, 1.82) is 0 Å². The number of ether oxygens (including phenoxy) is 1. The fourth-order valence-electron chi connectivity index (χ4n) is 3.67. The molecule has 0 saturated carbocycles. The van der Waals surface area contributed by atoms with Crippen LogP contribution in [0, 0.1) is 5.92 Å². The summed E-state index contributed by atoms with van der Waals surface area (Å²) in [6.07, 6.45) is 1.92. The zero-order valence-corrected chi connectivity index (χ0v) is 17.8. The van der Waals surface area contributed by atoms with Crippen molar-refractivity contribution < 1.29 is 22.7 Å². The molecule has 148 valence electrons. The third-order valence-electron chi connectivity index (χ3n) is 5.03. The average molecular weight is 459 g/mol. The highest BCUT2D eigenvalue weighted by Gasteiger charge is 2.36. The van der Waals surface area contributed by atoms with Gasteiger partial charge in [0.25, 0.3) is 0 Å². The van der Waals surface area contributed by atoms with E-state index in [0.29, 0.717) is 42.5 Å². The Morgan fingerprint density at radius 1 is 1.30 bits per heavy atom. The van der Waals surface area contributed by atoms with E-state index in [9.17, 15) is 18.0 Å². The minimum Gasteiger partial charge on any atom is -0.466 e. The zero-order chi connectivity index (χ0) is 19.8. The van der Waals surface area contributed by atoms with Crippen molar-refractivity contribution in [3.8, 4) is 0 Å². The first-order valence-corrected chi connectivity index (χ1v) is 11.3. The number of hydrogen-bond acceptors (Lipinski definition) is 5. The predicted molar refractivity (Wildman–Crippen MR) is 104 cm³/mol. The molecule has 2 aliphatic heterocycles. The Morgan fingerprint density at radius 3 is 2.70 bits per heavy atom. The van der Waals surface area contributed by atoms with Crippen LogP contribution in [0.15, 0.2) is 21.5 Å². The normalized spacial score (nSPS) is 20.4. The molecule has 0 bridgehead atoms. The number of rotatable bonds is 4. The van der Waals surface area contributed by atoms with Crippen LogP contribution in [0.25, 0.3) is 0 Å². The van der Waals surface area contributed by atoms with Crippen LogP contribution in [0.2, 0.25) is 0 Å². The molecule has 0 radical (unpaired) electrons. The van der Waals surface area contributed by atoms with E-state index in [1.807, 2.05) is 0 Å². The molecule has 1 atom stereocenters. The summed E-state index contributed by atoms with van der Waals surface area (Å²) in [6, 6.07) is 3.34. The lowest BCUT2D eigenvalue weighted by molar-refractivity contribution is -0.149. The number of sulfonamides is 1. The van der Waals surface area contributed by atoms with E-state index in [-0.39, 0.29) is 29.9 Å². The number of fused-ring (bicyclic) bond motifs is 1. The van der Waals surface area contributed by atoms with Crippen molar-refractivity contribution in [2.24, 2.45) is 5.92 Å². The highest BCUT2D eigenvalue weighted by atomic mass is 79.9. The number of carbonyl (C=O) groups excluding carboxylic acids is 2. The van der Waals surface area contributed by atoms with Crippen LogP contribution in [0.3, 0.4) is 0 Å². The summed E-state index contributed by atoms with van der Waals surface area (Å²) in [7, 11) is -3.80. The number of benzene rings is 1. The fraction of sp³-hybridized carbons (Fsp3) is 0.556. The Morgan fingerprint density at radius 2 is 2.04 bits per heavy atom. The molecular weight excluding hydrogens is 436 g/mol. The largest absolute Gasteiger partial charge is 0.466 e. The summed E-state index contributed by atoms with van der Waals surface area (Å²) < 4.78 is 33.4. The smallest absolute Gasteiger partial charge is 0.310 e. The second kappa shape index (κ2) is 7.89. The Labute approximate surface area is 167 Å². The molecule has 1 amide bonds. The number of anilines is 1. The number of amides is 1. The van der Waals surface area contributed by atoms with Gasteiger partial charge in [0.1, 0.15) is 0 Å². The van der Waals surface area contributed by atoms with Gasteiger partial charge in [-0.05, 0) is 59.8 Å². The van der Waals surface area contributed by atoms with E-state index in [0.717, 1.165) is 5.56 Å². The van der Waals surface area contributed by atoms with E-state index < -0.39 is 15.9 Å².